The van der Waals surface area contributed by atoms with Crippen molar-refractivity contribution < 1.29 is 28.6 Å². The second kappa shape index (κ2) is 11.4. The van der Waals surface area contributed by atoms with Gasteiger partial charge in [0.2, 0.25) is 5.91 Å². The molecule has 0 spiro atoms. The number of amides is 3. The Morgan fingerprint density at radius 3 is 2.62 bits per heavy atom. The van der Waals surface area contributed by atoms with Crippen LogP contribution >= 0.6 is 0 Å². The smallest absolute Gasteiger partial charge is 0.322 e. The van der Waals surface area contributed by atoms with Gasteiger partial charge in [-0.25, -0.2) is 9.18 Å². The third-order valence-corrected chi connectivity index (χ3v) is 6.11. The van der Waals surface area contributed by atoms with Gasteiger partial charge in [-0.2, -0.15) is 0 Å². The van der Waals surface area contributed by atoms with E-state index in [0.29, 0.717) is 24.1 Å². The molecule has 0 bridgehead atoms. The first kappa shape index (κ1) is 24.1. The first-order valence-electron chi connectivity index (χ1n) is 11.5. The Hall–Kier alpha value is -3.01. The summed E-state index contributed by atoms with van der Waals surface area (Å²) in [6.45, 7) is 0.537. The zero-order chi connectivity index (χ0) is 23.9. The van der Waals surface area contributed by atoms with Crippen LogP contribution in [-0.2, 0) is 20.8 Å². The molecular weight excluding hydrogens is 441 g/mol. The molecule has 0 aliphatic carbocycles. The number of para-hydroxylation sites is 1. The molecule has 2 fully saturated rings. The summed E-state index contributed by atoms with van der Waals surface area (Å²) >= 11 is 0. The number of benzene rings is 2. The molecule has 34 heavy (non-hydrogen) atoms. The average Bonchev–Trinajstić information content (AvgIpc) is 2.82. The Balaban J connectivity index is 1.35. The average molecular weight is 472 g/mol. The van der Waals surface area contributed by atoms with E-state index in [1.54, 1.807) is 35.2 Å². The maximum Gasteiger partial charge on any atom is 0.322 e. The Morgan fingerprint density at radius 1 is 1.06 bits per heavy atom. The van der Waals surface area contributed by atoms with E-state index in [1.165, 1.54) is 6.07 Å². The lowest BCUT2D eigenvalue weighted by atomic mass is 9.95. The van der Waals surface area contributed by atoms with Gasteiger partial charge < -0.3 is 30.1 Å². The summed E-state index contributed by atoms with van der Waals surface area (Å²) in [6.07, 6.45) is -0.255. The van der Waals surface area contributed by atoms with Crippen molar-refractivity contribution >= 4 is 17.6 Å². The van der Waals surface area contributed by atoms with Crippen molar-refractivity contribution in [3.05, 3.63) is 66.0 Å². The van der Waals surface area contributed by atoms with E-state index in [4.69, 9.17) is 9.47 Å². The molecule has 9 heteroatoms. The van der Waals surface area contributed by atoms with Crippen LogP contribution in [0.3, 0.4) is 0 Å². The normalized spacial score (nSPS) is 24.9. The van der Waals surface area contributed by atoms with Crippen molar-refractivity contribution in [2.45, 2.75) is 50.2 Å². The Morgan fingerprint density at radius 2 is 1.82 bits per heavy atom. The predicted molar refractivity (Wildman–Crippen MR) is 124 cm³/mol. The highest BCUT2D eigenvalue weighted by molar-refractivity contribution is 5.89. The summed E-state index contributed by atoms with van der Waals surface area (Å²) < 4.78 is 25.6. The lowest BCUT2D eigenvalue weighted by molar-refractivity contribution is -0.149. The number of hydrogen-bond donors (Lipinski definition) is 3. The summed E-state index contributed by atoms with van der Waals surface area (Å²) in [5, 5.41) is 15.9. The van der Waals surface area contributed by atoms with Crippen molar-refractivity contribution in [2.24, 2.45) is 0 Å². The van der Waals surface area contributed by atoms with Crippen molar-refractivity contribution in [3.63, 3.8) is 0 Å². The highest BCUT2D eigenvalue weighted by Gasteiger charge is 2.40. The molecule has 182 valence electrons. The number of nitrogens with one attached hydrogen (secondary N) is 2. The fourth-order valence-corrected chi connectivity index (χ4v) is 4.41. The van der Waals surface area contributed by atoms with Crippen LogP contribution in [0.1, 0.15) is 24.8 Å². The summed E-state index contributed by atoms with van der Waals surface area (Å²) in [6, 6.07) is 14.8. The molecule has 2 aromatic rings. The van der Waals surface area contributed by atoms with Gasteiger partial charge in [-0.15, -0.1) is 0 Å². The first-order valence-corrected chi connectivity index (χ1v) is 11.5. The summed E-state index contributed by atoms with van der Waals surface area (Å²) in [4.78, 5) is 27.1. The number of aliphatic hydroxyl groups excluding tert-OH is 1. The van der Waals surface area contributed by atoms with Gasteiger partial charge in [-0.05, 0) is 31.0 Å². The minimum Gasteiger partial charge on any atom is -0.389 e. The SMILES string of the molecule is O=C(C[C@H]1CC[C@@H]2[C@H](COC[C@@H](O)CN2C(=O)Nc2ccccc2)O1)NCc1ccccc1F. The fourth-order valence-electron chi connectivity index (χ4n) is 4.41. The number of aliphatic hydroxyl groups is 1. The van der Waals surface area contributed by atoms with E-state index in [-0.39, 0.29) is 62.6 Å². The van der Waals surface area contributed by atoms with Gasteiger partial charge >= 0.3 is 6.03 Å². The molecule has 8 nitrogen and oxygen atoms in total. The molecule has 0 saturated carbocycles. The number of ether oxygens (including phenoxy) is 2. The fraction of sp³-hybridized carbons (Fsp3) is 0.440. The second-order valence-electron chi connectivity index (χ2n) is 8.65. The zero-order valence-corrected chi connectivity index (χ0v) is 18.9. The Labute approximate surface area is 198 Å². The maximum atomic E-state index is 13.8. The molecule has 2 aliphatic heterocycles. The van der Waals surface area contributed by atoms with Crippen LogP contribution in [-0.4, -0.2) is 66.1 Å². The topological polar surface area (TPSA) is 100 Å². The zero-order valence-electron chi connectivity index (χ0n) is 18.9. The van der Waals surface area contributed by atoms with Crippen molar-refractivity contribution in [1.82, 2.24) is 10.2 Å². The quantitative estimate of drug-likeness (QED) is 0.623. The highest BCUT2D eigenvalue weighted by Crippen LogP contribution is 2.28. The maximum absolute atomic E-state index is 13.8. The molecule has 4 atom stereocenters. The van der Waals surface area contributed by atoms with Crippen molar-refractivity contribution in [3.8, 4) is 0 Å². The van der Waals surface area contributed by atoms with Gasteiger partial charge in [0, 0.05) is 17.8 Å². The second-order valence-corrected chi connectivity index (χ2v) is 8.65. The lowest BCUT2D eigenvalue weighted by Gasteiger charge is -2.44. The third kappa shape index (κ3) is 6.31. The van der Waals surface area contributed by atoms with E-state index < -0.39 is 12.2 Å². The van der Waals surface area contributed by atoms with Gasteiger partial charge in [-0.3, -0.25) is 4.79 Å². The molecule has 0 aromatic heterocycles. The lowest BCUT2D eigenvalue weighted by Crippen LogP contribution is -2.58. The number of carbonyl (C=O) groups is 2. The van der Waals surface area contributed by atoms with E-state index in [2.05, 4.69) is 10.6 Å². The summed E-state index contributed by atoms with van der Waals surface area (Å²) in [5.41, 5.74) is 1.09. The van der Waals surface area contributed by atoms with Crippen LogP contribution in [0, 0.1) is 5.82 Å². The number of rotatable bonds is 5. The van der Waals surface area contributed by atoms with Crippen LogP contribution in [0.15, 0.2) is 54.6 Å². The van der Waals surface area contributed by atoms with Gasteiger partial charge in [0.05, 0.1) is 44.4 Å². The highest BCUT2D eigenvalue weighted by atomic mass is 19.1. The van der Waals surface area contributed by atoms with Crippen LogP contribution in [0.4, 0.5) is 14.9 Å². The van der Waals surface area contributed by atoms with Crippen LogP contribution in [0.5, 0.6) is 0 Å². The Bertz CT molecular complexity index is 976. The molecule has 3 amide bonds. The van der Waals surface area contributed by atoms with E-state index in [1.807, 2.05) is 18.2 Å². The van der Waals surface area contributed by atoms with E-state index in [9.17, 15) is 19.1 Å². The number of anilines is 1. The molecule has 0 unspecified atom stereocenters. The summed E-state index contributed by atoms with van der Waals surface area (Å²) in [7, 11) is 0. The molecule has 2 heterocycles. The molecule has 2 aliphatic rings. The van der Waals surface area contributed by atoms with Gasteiger partial charge in [0.15, 0.2) is 0 Å². The number of nitrogens with zero attached hydrogens (tertiary/aromatic N) is 1. The number of β-amino-alcohol motifs (C(OH)–C–C–N with tert-alkyl or cyclic N) is 1. The minimum atomic E-state index is -0.802. The number of hydrogen-bond acceptors (Lipinski definition) is 5. The predicted octanol–water partition coefficient (Wildman–Crippen LogP) is 2.67. The van der Waals surface area contributed by atoms with Crippen molar-refractivity contribution in [1.29, 1.82) is 0 Å². The largest absolute Gasteiger partial charge is 0.389 e. The van der Waals surface area contributed by atoms with Crippen LogP contribution in [0.25, 0.3) is 0 Å². The molecule has 2 saturated heterocycles. The van der Waals surface area contributed by atoms with Gasteiger partial charge in [0.25, 0.3) is 0 Å². The van der Waals surface area contributed by atoms with Gasteiger partial charge in [0.1, 0.15) is 11.9 Å². The number of halogens is 1. The Kier molecular flexibility index (Phi) is 8.10. The number of carbonyl (C=O) groups excluding carboxylic acids is 2. The monoisotopic (exact) mass is 471 g/mol. The van der Waals surface area contributed by atoms with Crippen LogP contribution in [0.2, 0.25) is 0 Å². The summed E-state index contributed by atoms with van der Waals surface area (Å²) in [5.74, 6) is -0.588. The number of urea groups is 1. The molecule has 3 N–H and O–H groups in total. The van der Waals surface area contributed by atoms with Crippen molar-refractivity contribution in [2.75, 3.05) is 25.1 Å². The van der Waals surface area contributed by atoms with E-state index >= 15 is 0 Å². The molecule has 2 aromatic carbocycles. The minimum absolute atomic E-state index is 0.0927. The molecule has 4 rings (SSSR count). The third-order valence-electron chi connectivity index (χ3n) is 6.11. The molecule has 0 radical (unpaired) electrons. The number of fused-ring (bicyclic) bond motifs is 1. The van der Waals surface area contributed by atoms with Gasteiger partial charge in [-0.1, -0.05) is 36.4 Å². The van der Waals surface area contributed by atoms with E-state index in [0.717, 1.165) is 0 Å². The standard InChI is InChI=1S/C25H30FN3O5/c26-21-9-5-4-6-17(21)13-27-24(31)12-20-10-11-22-23(34-20)16-33-15-19(30)14-29(22)25(32)28-18-7-2-1-3-8-18/h1-9,19-20,22-23,30H,10-16H2,(H,27,31)(H,28,32)/t19-,20+,22+,23-/m0/s1. The molecular formula is C25H30FN3O5. The first-order chi connectivity index (χ1) is 16.5. The van der Waals surface area contributed by atoms with Crippen LogP contribution < -0.4 is 10.6 Å².